The molecule has 6 heavy (non-hydrogen) atoms. The second-order valence-corrected chi connectivity index (χ2v) is 0.357. The van der Waals surface area contributed by atoms with Gasteiger partial charge < -0.3 is 10.1 Å². The van der Waals surface area contributed by atoms with Crippen LogP contribution >= 0.6 is 0 Å². The number of nitrogens with zero attached hydrogens (tertiary/aromatic N) is 2. The van der Waals surface area contributed by atoms with Crippen LogP contribution in [0, 0.1) is 21.6 Å². The quantitative estimate of drug-likeness (QED) is 0.132. The predicted octanol–water partition coefficient (Wildman–Crippen LogP) is -0.637. The Labute approximate surface area is 56.2 Å². The summed E-state index contributed by atoms with van der Waals surface area (Å²) in [6.07, 6.45) is 0.750. The largest absolute Gasteiger partial charge is 0.503 e. The molecule has 4 nitrogen and oxygen atoms in total. The summed E-state index contributed by atoms with van der Waals surface area (Å²) in [5.74, 6) is 0. The summed E-state index contributed by atoms with van der Waals surface area (Å²) in [5, 5.41) is 16.0. The SMILES string of the molecule is N#C[N+](=O)[O-].[Na]. The molecule has 0 aromatic carbocycles. The molecule has 0 aliphatic rings. The van der Waals surface area contributed by atoms with Gasteiger partial charge in [0.25, 0.3) is 0 Å². The maximum absolute atomic E-state index is 8.81. The van der Waals surface area contributed by atoms with Crippen LogP contribution in [0.3, 0.4) is 0 Å². The number of hydrogen-bond donors (Lipinski definition) is 0. The fourth-order valence-corrected chi connectivity index (χ4v) is 0. The van der Waals surface area contributed by atoms with E-state index in [1.165, 1.54) is 0 Å². The van der Waals surface area contributed by atoms with Gasteiger partial charge in [0.1, 0.15) is 0 Å². The summed E-state index contributed by atoms with van der Waals surface area (Å²) in [4.78, 5) is 7.74. The molecule has 5 heteroatoms. The van der Waals surface area contributed by atoms with Crippen LogP contribution in [0.5, 0.6) is 0 Å². The van der Waals surface area contributed by atoms with E-state index >= 15 is 0 Å². The zero-order chi connectivity index (χ0) is 4.28. The molecule has 0 N–H and O–H groups in total. The Morgan fingerprint density at radius 1 is 1.83 bits per heavy atom. The van der Waals surface area contributed by atoms with Crippen molar-refractivity contribution in [1.82, 2.24) is 0 Å². The van der Waals surface area contributed by atoms with Crippen LogP contribution in [0.25, 0.3) is 0 Å². The molecule has 0 amide bonds. The molecule has 0 spiro atoms. The molecule has 0 saturated heterocycles. The Bertz CT molecular complexity index is 84.0. The molecular weight excluding hydrogens is 95.0 g/mol. The van der Waals surface area contributed by atoms with Crippen molar-refractivity contribution in [2.24, 2.45) is 0 Å². The van der Waals surface area contributed by atoms with Gasteiger partial charge in [-0.05, 0) is 0 Å². The first-order valence-corrected chi connectivity index (χ1v) is 0.812. The van der Waals surface area contributed by atoms with Crippen LogP contribution < -0.4 is 0 Å². The Morgan fingerprint density at radius 2 is 2.00 bits per heavy atom. The Hall–Kier alpha value is -0.110. The van der Waals surface area contributed by atoms with Crippen molar-refractivity contribution in [2.75, 3.05) is 0 Å². The molecule has 1 radical (unpaired) electrons. The number of nitro groups is 1. The molecule has 0 saturated carbocycles. The molecule has 0 aliphatic heterocycles. The molecule has 0 rings (SSSR count). The third-order valence-electron chi connectivity index (χ3n) is 0.0816. The smallest absolute Gasteiger partial charge is 0.349 e. The van der Waals surface area contributed by atoms with Gasteiger partial charge in [-0.15, -0.1) is 0 Å². The normalized spacial score (nSPS) is 4.50. The van der Waals surface area contributed by atoms with Crippen LogP contribution in [0.15, 0.2) is 0 Å². The summed E-state index contributed by atoms with van der Waals surface area (Å²) in [6, 6.07) is 0. The minimum absolute atomic E-state index is 0. The zero-order valence-corrected chi connectivity index (χ0v) is 5.21. The van der Waals surface area contributed by atoms with Crippen molar-refractivity contribution >= 4 is 29.6 Å². The number of hydrogen-bond acceptors (Lipinski definition) is 3. The summed E-state index contributed by atoms with van der Waals surface area (Å²) in [6.45, 7) is 0. The standard InChI is InChI=1S/CN2O2.Na/c2-1-3(4)5;. The molecule has 0 atom stereocenters. The monoisotopic (exact) mass is 95.0 g/mol. The minimum atomic E-state index is -1.07. The molecule has 0 bridgehead atoms. The predicted molar refractivity (Wildman–Crippen MR) is 18.4 cm³/mol. The van der Waals surface area contributed by atoms with Crippen LogP contribution in [0.2, 0.25) is 0 Å². The summed E-state index contributed by atoms with van der Waals surface area (Å²) in [7, 11) is 0. The van der Waals surface area contributed by atoms with E-state index in [1.807, 2.05) is 0 Å². The number of nitriles is 1. The Morgan fingerprint density at radius 3 is 2.00 bits per heavy atom. The van der Waals surface area contributed by atoms with Crippen LogP contribution in [0.1, 0.15) is 0 Å². The second-order valence-electron chi connectivity index (χ2n) is 0.357. The van der Waals surface area contributed by atoms with Gasteiger partial charge in [-0.1, -0.05) is 0 Å². The Kier molecular flexibility index (Phi) is 7.59. The molecule has 0 heterocycles. The van der Waals surface area contributed by atoms with Gasteiger partial charge in [-0.3, -0.25) is 0 Å². The average molecular weight is 95.0 g/mol. The van der Waals surface area contributed by atoms with E-state index in [-0.39, 0.29) is 29.6 Å². The van der Waals surface area contributed by atoms with E-state index in [2.05, 4.69) is 0 Å². The maximum atomic E-state index is 8.81. The van der Waals surface area contributed by atoms with E-state index < -0.39 is 4.92 Å². The van der Waals surface area contributed by atoms with Gasteiger partial charge in [-0.2, -0.15) is 0 Å². The molecular formula is CN2NaO2. The minimum Gasteiger partial charge on any atom is -0.349 e. The fourth-order valence-electron chi connectivity index (χ4n) is 0. The Balaban J connectivity index is 0. The van der Waals surface area contributed by atoms with Crippen molar-refractivity contribution in [3.05, 3.63) is 10.1 Å². The summed E-state index contributed by atoms with van der Waals surface area (Å²) >= 11 is 0. The fraction of sp³-hybridized carbons (Fsp3) is 0. The van der Waals surface area contributed by atoms with E-state index in [0.29, 0.717) is 0 Å². The van der Waals surface area contributed by atoms with Gasteiger partial charge in [-0.25, -0.2) is 0 Å². The first kappa shape index (κ1) is 9.31. The number of rotatable bonds is 0. The van der Waals surface area contributed by atoms with Crippen LogP contribution in [-0.2, 0) is 0 Å². The average Bonchev–Trinajstić information content (AvgIpc) is 1.38. The van der Waals surface area contributed by atoms with Gasteiger partial charge in [0.2, 0.25) is 0 Å². The van der Waals surface area contributed by atoms with Gasteiger partial charge in [0.15, 0.2) is 5.26 Å². The van der Waals surface area contributed by atoms with Crippen molar-refractivity contribution in [3.63, 3.8) is 0 Å². The molecule has 0 fully saturated rings. The van der Waals surface area contributed by atoms with Crippen molar-refractivity contribution in [2.45, 2.75) is 0 Å². The third kappa shape index (κ3) is 9.10. The molecule has 0 aromatic heterocycles. The van der Waals surface area contributed by atoms with Crippen molar-refractivity contribution in [1.29, 1.82) is 5.26 Å². The molecule has 0 aromatic rings. The van der Waals surface area contributed by atoms with E-state index in [1.54, 1.807) is 0 Å². The zero-order valence-electron chi connectivity index (χ0n) is 3.21. The van der Waals surface area contributed by atoms with Crippen LogP contribution in [-0.4, -0.2) is 34.5 Å². The second kappa shape index (κ2) is 4.89. The summed E-state index contributed by atoms with van der Waals surface area (Å²) in [5.41, 5.74) is 0. The van der Waals surface area contributed by atoms with E-state index in [4.69, 9.17) is 15.4 Å². The van der Waals surface area contributed by atoms with Crippen molar-refractivity contribution < 1.29 is 4.92 Å². The molecule has 0 aliphatic carbocycles. The summed E-state index contributed by atoms with van der Waals surface area (Å²) < 4.78 is 0. The molecule has 27 valence electrons. The third-order valence-corrected chi connectivity index (χ3v) is 0.0816. The maximum Gasteiger partial charge on any atom is 0.503 e. The van der Waals surface area contributed by atoms with Gasteiger partial charge in [0, 0.05) is 34.5 Å². The van der Waals surface area contributed by atoms with Crippen LogP contribution in [0.4, 0.5) is 0 Å². The van der Waals surface area contributed by atoms with Gasteiger partial charge >= 0.3 is 6.19 Å². The first-order chi connectivity index (χ1) is 2.27. The van der Waals surface area contributed by atoms with E-state index in [9.17, 15) is 0 Å². The van der Waals surface area contributed by atoms with Gasteiger partial charge in [0.05, 0.1) is 0 Å². The van der Waals surface area contributed by atoms with E-state index in [0.717, 1.165) is 6.19 Å². The van der Waals surface area contributed by atoms with Crippen molar-refractivity contribution in [3.8, 4) is 6.19 Å². The molecule has 0 unspecified atom stereocenters. The topological polar surface area (TPSA) is 66.9 Å². The first-order valence-electron chi connectivity index (χ1n) is 0.812.